The maximum Gasteiger partial charge on any atom is 0.336 e. The summed E-state index contributed by atoms with van der Waals surface area (Å²) in [6, 6.07) is 7.02. The molecule has 2 aromatic heterocycles. The Kier molecular flexibility index (Phi) is 4.70. The van der Waals surface area contributed by atoms with Gasteiger partial charge in [0.25, 0.3) is 0 Å². The van der Waals surface area contributed by atoms with Crippen LogP contribution < -0.4 is 10.9 Å². The summed E-state index contributed by atoms with van der Waals surface area (Å²) in [5, 5.41) is 3.68. The SMILES string of the molecule is Cc1ccc2c(CC(=O)NCCn3cnc(C)c3C)cc(=O)oc2c1. The predicted molar refractivity (Wildman–Crippen MR) is 95.6 cm³/mol. The van der Waals surface area contributed by atoms with Gasteiger partial charge in [-0.3, -0.25) is 4.79 Å². The van der Waals surface area contributed by atoms with Crippen LogP contribution in [0.15, 0.2) is 39.8 Å². The van der Waals surface area contributed by atoms with Gasteiger partial charge in [0.1, 0.15) is 5.58 Å². The second kappa shape index (κ2) is 6.93. The fourth-order valence-electron chi connectivity index (χ4n) is 2.80. The summed E-state index contributed by atoms with van der Waals surface area (Å²) >= 11 is 0. The van der Waals surface area contributed by atoms with Crippen molar-refractivity contribution in [1.29, 1.82) is 0 Å². The molecule has 0 saturated carbocycles. The Balaban J connectivity index is 1.68. The number of carbonyl (C=O) groups is 1. The number of amides is 1. The molecule has 25 heavy (non-hydrogen) atoms. The van der Waals surface area contributed by atoms with E-state index in [2.05, 4.69) is 10.3 Å². The number of nitrogens with zero attached hydrogens (tertiary/aromatic N) is 2. The standard InChI is InChI=1S/C19H21N3O3/c1-12-4-5-16-15(10-19(24)25-17(16)8-12)9-18(23)20-6-7-22-11-21-13(2)14(22)3/h4-5,8,10-11H,6-7,9H2,1-3H3,(H,20,23). The second-order valence-corrected chi connectivity index (χ2v) is 6.23. The minimum Gasteiger partial charge on any atom is -0.423 e. The smallest absolute Gasteiger partial charge is 0.336 e. The Morgan fingerprint density at radius 2 is 2.04 bits per heavy atom. The van der Waals surface area contributed by atoms with Gasteiger partial charge < -0.3 is 14.3 Å². The molecule has 1 aromatic carbocycles. The van der Waals surface area contributed by atoms with Crippen LogP contribution in [0.1, 0.15) is 22.5 Å². The number of aromatic nitrogens is 2. The highest BCUT2D eigenvalue weighted by Gasteiger charge is 2.10. The number of hydrogen-bond acceptors (Lipinski definition) is 4. The van der Waals surface area contributed by atoms with E-state index in [1.165, 1.54) is 6.07 Å². The van der Waals surface area contributed by atoms with Gasteiger partial charge in [-0.1, -0.05) is 12.1 Å². The molecule has 3 rings (SSSR count). The van der Waals surface area contributed by atoms with Crippen LogP contribution >= 0.6 is 0 Å². The lowest BCUT2D eigenvalue weighted by Gasteiger charge is -2.09. The molecule has 0 bridgehead atoms. The van der Waals surface area contributed by atoms with Crippen LogP contribution in [0.2, 0.25) is 0 Å². The van der Waals surface area contributed by atoms with Crippen molar-refractivity contribution in [2.75, 3.05) is 6.54 Å². The average molecular weight is 339 g/mol. The van der Waals surface area contributed by atoms with Crippen LogP contribution in [0, 0.1) is 20.8 Å². The van der Waals surface area contributed by atoms with Gasteiger partial charge in [-0.05, 0) is 38.0 Å². The van der Waals surface area contributed by atoms with Gasteiger partial charge in [0.2, 0.25) is 5.91 Å². The number of aryl methyl sites for hydroxylation is 2. The second-order valence-electron chi connectivity index (χ2n) is 6.23. The van der Waals surface area contributed by atoms with Crippen LogP contribution in [0.4, 0.5) is 0 Å². The summed E-state index contributed by atoms with van der Waals surface area (Å²) in [7, 11) is 0. The molecule has 0 aliphatic carbocycles. The Bertz CT molecular complexity index is 985. The Morgan fingerprint density at radius 1 is 1.24 bits per heavy atom. The van der Waals surface area contributed by atoms with Gasteiger partial charge in [-0.2, -0.15) is 0 Å². The first-order valence-corrected chi connectivity index (χ1v) is 8.22. The molecule has 0 saturated heterocycles. The fourth-order valence-corrected chi connectivity index (χ4v) is 2.80. The molecule has 0 aliphatic rings. The third-order valence-electron chi connectivity index (χ3n) is 4.36. The van der Waals surface area contributed by atoms with Crippen molar-refractivity contribution in [3.63, 3.8) is 0 Å². The van der Waals surface area contributed by atoms with Crippen LogP contribution in [-0.4, -0.2) is 22.0 Å². The topological polar surface area (TPSA) is 77.1 Å². The van der Waals surface area contributed by atoms with E-state index in [1.807, 2.05) is 43.5 Å². The summed E-state index contributed by atoms with van der Waals surface area (Å²) in [4.78, 5) is 28.2. The molecule has 0 radical (unpaired) electrons. The van der Waals surface area contributed by atoms with E-state index in [0.717, 1.165) is 22.3 Å². The van der Waals surface area contributed by atoms with Gasteiger partial charge in [0.05, 0.1) is 18.4 Å². The van der Waals surface area contributed by atoms with Gasteiger partial charge in [-0.25, -0.2) is 9.78 Å². The third-order valence-corrected chi connectivity index (χ3v) is 4.36. The third kappa shape index (κ3) is 3.79. The molecule has 130 valence electrons. The number of fused-ring (bicyclic) bond motifs is 1. The molecule has 0 atom stereocenters. The first-order chi connectivity index (χ1) is 11.9. The minimum atomic E-state index is -0.439. The molecule has 6 heteroatoms. The van der Waals surface area contributed by atoms with Crippen LogP contribution in [-0.2, 0) is 17.8 Å². The van der Waals surface area contributed by atoms with Gasteiger partial charge in [0.15, 0.2) is 0 Å². The molecule has 0 fully saturated rings. The highest BCUT2D eigenvalue weighted by Crippen LogP contribution is 2.18. The molecule has 0 spiro atoms. The van der Waals surface area contributed by atoms with Gasteiger partial charge >= 0.3 is 5.63 Å². The molecule has 0 unspecified atom stereocenters. The van der Waals surface area contributed by atoms with E-state index in [1.54, 1.807) is 6.33 Å². The van der Waals surface area contributed by atoms with E-state index < -0.39 is 5.63 Å². The van der Waals surface area contributed by atoms with Crippen molar-refractivity contribution in [2.24, 2.45) is 0 Å². The van der Waals surface area contributed by atoms with E-state index in [9.17, 15) is 9.59 Å². The first kappa shape index (κ1) is 17.0. The number of hydrogen-bond donors (Lipinski definition) is 1. The molecular weight excluding hydrogens is 318 g/mol. The van der Waals surface area contributed by atoms with Crippen molar-refractivity contribution in [3.05, 3.63) is 63.5 Å². The summed E-state index contributed by atoms with van der Waals surface area (Å²) in [6.45, 7) is 7.06. The monoisotopic (exact) mass is 339 g/mol. The van der Waals surface area contributed by atoms with Crippen LogP contribution in [0.5, 0.6) is 0 Å². The zero-order valence-corrected chi connectivity index (χ0v) is 14.6. The number of rotatable bonds is 5. The van der Waals surface area contributed by atoms with Crippen molar-refractivity contribution in [1.82, 2.24) is 14.9 Å². The molecule has 1 N–H and O–H groups in total. The molecule has 0 aliphatic heterocycles. The van der Waals surface area contributed by atoms with Gasteiger partial charge in [-0.15, -0.1) is 0 Å². The number of nitrogens with one attached hydrogen (secondary N) is 1. The Hall–Kier alpha value is -2.89. The summed E-state index contributed by atoms with van der Waals surface area (Å²) in [5.41, 5.74) is 3.84. The van der Waals surface area contributed by atoms with Crippen molar-refractivity contribution in [3.8, 4) is 0 Å². The zero-order valence-electron chi connectivity index (χ0n) is 14.6. The molecule has 6 nitrogen and oxygen atoms in total. The summed E-state index contributed by atoms with van der Waals surface area (Å²) in [5.74, 6) is -0.123. The molecule has 3 aromatic rings. The average Bonchev–Trinajstić information content (AvgIpc) is 2.86. The molecular formula is C19H21N3O3. The van der Waals surface area contributed by atoms with E-state index in [4.69, 9.17) is 4.42 Å². The molecule has 2 heterocycles. The summed E-state index contributed by atoms with van der Waals surface area (Å²) in [6.07, 6.45) is 1.92. The maximum absolute atomic E-state index is 12.2. The lowest BCUT2D eigenvalue weighted by atomic mass is 10.1. The normalized spacial score (nSPS) is 11.0. The van der Waals surface area contributed by atoms with E-state index in [0.29, 0.717) is 24.2 Å². The number of carbonyl (C=O) groups excluding carboxylic acids is 1. The Morgan fingerprint density at radius 3 is 2.76 bits per heavy atom. The quantitative estimate of drug-likeness (QED) is 0.724. The summed E-state index contributed by atoms with van der Waals surface area (Å²) < 4.78 is 7.23. The zero-order chi connectivity index (χ0) is 18.0. The maximum atomic E-state index is 12.2. The van der Waals surface area contributed by atoms with Crippen molar-refractivity contribution >= 4 is 16.9 Å². The largest absolute Gasteiger partial charge is 0.423 e. The van der Waals surface area contributed by atoms with E-state index >= 15 is 0 Å². The number of benzene rings is 1. The number of imidazole rings is 1. The molecule has 1 amide bonds. The van der Waals surface area contributed by atoms with Crippen LogP contribution in [0.3, 0.4) is 0 Å². The van der Waals surface area contributed by atoms with E-state index in [-0.39, 0.29) is 12.3 Å². The van der Waals surface area contributed by atoms with Gasteiger partial charge in [0, 0.05) is 30.2 Å². The van der Waals surface area contributed by atoms with Crippen molar-refractivity contribution < 1.29 is 9.21 Å². The Labute approximate surface area is 145 Å². The minimum absolute atomic E-state index is 0.123. The van der Waals surface area contributed by atoms with Crippen LogP contribution in [0.25, 0.3) is 11.0 Å². The lowest BCUT2D eigenvalue weighted by Crippen LogP contribution is -2.29. The highest BCUT2D eigenvalue weighted by molar-refractivity contribution is 5.87. The van der Waals surface area contributed by atoms with Crippen molar-refractivity contribution in [2.45, 2.75) is 33.7 Å². The first-order valence-electron chi connectivity index (χ1n) is 8.22. The fraction of sp³-hybridized carbons (Fsp3) is 0.316. The highest BCUT2D eigenvalue weighted by atomic mass is 16.4. The lowest BCUT2D eigenvalue weighted by molar-refractivity contribution is -0.120. The predicted octanol–water partition coefficient (Wildman–Crippen LogP) is 2.27.